The van der Waals surface area contributed by atoms with Gasteiger partial charge in [-0.05, 0) is 36.9 Å². The number of hydrogen-bond donors (Lipinski definition) is 2. The molecule has 0 aliphatic carbocycles. The fourth-order valence-electron chi connectivity index (χ4n) is 1.89. The highest BCUT2D eigenvalue weighted by Gasteiger charge is 2.20. The van der Waals surface area contributed by atoms with E-state index in [2.05, 4.69) is 5.32 Å². The van der Waals surface area contributed by atoms with Gasteiger partial charge in [-0.1, -0.05) is 13.8 Å². The summed E-state index contributed by atoms with van der Waals surface area (Å²) < 4.78 is 18.7. The van der Waals surface area contributed by atoms with E-state index in [1.54, 1.807) is 6.07 Å². The Hall–Kier alpha value is -1.62. The number of carbonyl (C=O) groups is 1. The number of rotatable bonds is 7. The molecule has 0 atom stereocenters. The van der Waals surface area contributed by atoms with Crippen LogP contribution in [0.5, 0.6) is 5.75 Å². The van der Waals surface area contributed by atoms with E-state index in [-0.39, 0.29) is 11.0 Å². The van der Waals surface area contributed by atoms with Gasteiger partial charge < -0.3 is 15.8 Å². The predicted octanol–water partition coefficient (Wildman–Crippen LogP) is 2.33. The van der Waals surface area contributed by atoms with Gasteiger partial charge in [0.15, 0.2) is 0 Å². The van der Waals surface area contributed by atoms with Crippen molar-refractivity contribution in [3.63, 3.8) is 0 Å². The van der Waals surface area contributed by atoms with Crippen molar-refractivity contribution in [1.82, 2.24) is 5.32 Å². The molecule has 0 spiro atoms. The van der Waals surface area contributed by atoms with Crippen molar-refractivity contribution in [3.8, 4) is 5.75 Å². The summed E-state index contributed by atoms with van der Waals surface area (Å²) in [6.45, 7) is 5.21. The van der Waals surface area contributed by atoms with Gasteiger partial charge in [-0.3, -0.25) is 4.79 Å². The molecule has 1 aromatic carbocycles. The average molecular weight is 282 g/mol. The molecule has 0 radical (unpaired) electrons. The van der Waals surface area contributed by atoms with Gasteiger partial charge in [0.05, 0.1) is 12.7 Å². The molecule has 0 saturated heterocycles. The van der Waals surface area contributed by atoms with Crippen LogP contribution in [0.2, 0.25) is 0 Å². The third-order valence-electron chi connectivity index (χ3n) is 3.21. The van der Waals surface area contributed by atoms with Crippen molar-refractivity contribution in [2.24, 2.45) is 11.1 Å². The molecule has 0 heterocycles. The molecule has 5 heteroatoms. The van der Waals surface area contributed by atoms with Crippen LogP contribution in [0.3, 0.4) is 0 Å². The number of ether oxygens (including phenoxy) is 1. The summed E-state index contributed by atoms with van der Waals surface area (Å²) in [4.78, 5) is 12.0. The zero-order chi connectivity index (χ0) is 15.2. The molecule has 0 aliphatic heterocycles. The minimum Gasteiger partial charge on any atom is -0.497 e. The van der Waals surface area contributed by atoms with Crippen LogP contribution in [0.15, 0.2) is 18.2 Å². The summed E-state index contributed by atoms with van der Waals surface area (Å²) in [7, 11) is 1.45. The monoisotopic (exact) mass is 282 g/mol. The van der Waals surface area contributed by atoms with Gasteiger partial charge in [-0.15, -0.1) is 0 Å². The number of carbonyl (C=O) groups excluding carboxylic acids is 1. The van der Waals surface area contributed by atoms with Crippen LogP contribution >= 0.6 is 0 Å². The second-order valence-electron chi connectivity index (χ2n) is 5.58. The van der Waals surface area contributed by atoms with Gasteiger partial charge in [0.2, 0.25) is 0 Å². The van der Waals surface area contributed by atoms with Gasteiger partial charge in [-0.25, -0.2) is 4.39 Å². The van der Waals surface area contributed by atoms with Gasteiger partial charge in [0.25, 0.3) is 5.91 Å². The lowest BCUT2D eigenvalue weighted by Gasteiger charge is -2.24. The van der Waals surface area contributed by atoms with Crippen molar-refractivity contribution >= 4 is 5.91 Å². The predicted molar refractivity (Wildman–Crippen MR) is 77.4 cm³/mol. The summed E-state index contributed by atoms with van der Waals surface area (Å²) >= 11 is 0. The Morgan fingerprint density at radius 3 is 2.70 bits per heavy atom. The lowest BCUT2D eigenvalue weighted by Crippen LogP contribution is -2.34. The Kier molecular flexibility index (Phi) is 5.95. The highest BCUT2D eigenvalue weighted by atomic mass is 19.1. The summed E-state index contributed by atoms with van der Waals surface area (Å²) in [5.41, 5.74) is 5.45. The number of methoxy groups -OCH3 is 1. The molecule has 20 heavy (non-hydrogen) atoms. The molecule has 0 bridgehead atoms. The van der Waals surface area contributed by atoms with Crippen molar-refractivity contribution in [2.45, 2.75) is 26.7 Å². The minimum absolute atomic E-state index is 0.0282. The molecule has 0 fully saturated rings. The third-order valence-corrected chi connectivity index (χ3v) is 3.21. The topological polar surface area (TPSA) is 64.3 Å². The number of benzene rings is 1. The maximum Gasteiger partial charge on any atom is 0.254 e. The number of nitrogens with one attached hydrogen (secondary N) is 1. The Morgan fingerprint density at radius 2 is 2.15 bits per heavy atom. The van der Waals surface area contributed by atoms with Crippen LogP contribution in [-0.4, -0.2) is 26.1 Å². The maximum absolute atomic E-state index is 13.8. The van der Waals surface area contributed by atoms with Crippen molar-refractivity contribution in [2.75, 3.05) is 20.2 Å². The van der Waals surface area contributed by atoms with E-state index in [0.717, 1.165) is 12.8 Å². The first kappa shape index (κ1) is 16.4. The molecule has 3 N–H and O–H groups in total. The third kappa shape index (κ3) is 4.81. The Balaban J connectivity index is 2.63. The van der Waals surface area contributed by atoms with Crippen molar-refractivity contribution < 1.29 is 13.9 Å². The fraction of sp³-hybridized carbons (Fsp3) is 0.533. The van der Waals surface area contributed by atoms with Gasteiger partial charge in [0.1, 0.15) is 11.6 Å². The average Bonchev–Trinajstić information content (AvgIpc) is 2.42. The summed E-state index contributed by atoms with van der Waals surface area (Å²) in [6.07, 6.45) is 1.81. The molecule has 1 amide bonds. The highest BCUT2D eigenvalue weighted by Crippen LogP contribution is 2.21. The SMILES string of the molecule is COc1ccc(C(=O)NCC(C)(C)CCCN)c(F)c1. The maximum atomic E-state index is 13.8. The van der Waals surface area contributed by atoms with E-state index in [0.29, 0.717) is 18.8 Å². The molecular formula is C15H23FN2O2. The molecule has 1 rings (SSSR count). The van der Waals surface area contributed by atoms with Crippen LogP contribution in [0.4, 0.5) is 4.39 Å². The summed E-state index contributed by atoms with van der Waals surface area (Å²) in [6, 6.07) is 4.20. The summed E-state index contributed by atoms with van der Waals surface area (Å²) in [5.74, 6) is -0.602. The second kappa shape index (κ2) is 7.24. The van der Waals surface area contributed by atoms with E-state index in [1.165, 1.54) is 19.2 Å². The van der Waals surface area contributed by atoms with Crippen molar-refractivity contribution in [3.05, 3.63) is 29.6 Å². The molecule has 4 nitrogen and oxygen atoms in total. The first-order valence-corrected chi connectivity index (χ1v) is 6.71. The molecule has 0 unspecified atom stereocenters. The van der Waals surface area contributed by atoms with Gasteiger partial charge in [-0.2, -0.15) is 0 Å². The lowest BCUT2D eigenvalue weighted by molar-refractivity contribution is 0.0930. The van der Waals surface area contributed by atoms with Crippen LogP contribution < -0.4 is 15.8 Å². The number of hydrogen-bond acceptors (Lipinski definition) is 3. The van der Waals surface area contributed by atoms with E-state index in [4.69, 9.17) is 10.5 Å². The molecule has 0 aromatic heterocycles. The lowest BCUT2D eigenvalue weighted by atomic mass is 9.87. The Bertz CT molecular complexity index is 461. The normalized spacial score (nSPS) is 11.2. The van der Waals surface area contributed by atoms with Crippen LogP contribution in [0, 0.1) is 11.2 Å². The van der Waals surface area contributed by atoms with Gasteiger partial charge in [0, 0.05) is 12.6 Å². The second-order valence-corrected chi connectivity index (χ2v) is 5.58. The smallest absolute Gasteiger partial charge is 0.254 e. The van der Waals surface area contributed by atoms with Crippen LogP contribution in [-0.2, 0) is 0 Å². The zero-order valence-electron chi connectivity index (χ0n) is 12.3. The van der Waals surface area contributed by atoms with Crippen LogP contribution in [0.1, 0.15) is 37.0 Å². The van der Waals surface area contributed by atoms with E-state index in [1.807, 2.05) is 13.8 Å². The van der Waals surface area contributed by atoms with Gasteiger partial charge >= 0.3 is 0 Å². The fourth-order valence-corrected chi connectivity index (χ4v) is 1.89. The first-order chi connectivity index (χ1) is 9.39. The zero-order valence-corrected chi connectivity index (χ0v) is 12.3. The van der Waals surface area contributed by atoms with E-state index >= 15 is 0 Å². The number of halogens is 1. The molecule has 0 saturated carbocycles. The largest absolute Gasteiger partial charge is 0.497 e. The number of amides is 1. The van der Waals surface area contributed by atoms with Crippen LogP contribution in [0.25, 0.3) is 0 Å². The number of nitrogens with two attached hydrogens (primary N) is 1. The molecule has 0 aliphatic rings. The molecular weight excluding hydrogens is 259 g/mol. The summed E-state index contributed by atoms with van der Waals surface area (Å²) in [5, 5.41) is 2.77. The molecule has 1 aromatic rings. The van der Waals surface area contributed by atoms with E-state index in [9.17, 15) is 9.18 Å². The first-order valence-electron chi connectivity index (χ1n) is 6.71. The Labute approximate surface area is 119 Å². The van der Waals surface area contributed by atoms with Crippen molar-refractivity contribution in [1.29, 1.82) is 0 Å². The quantitative estimate of drug-likeness (QED) is 0.806. The minimum atomic E-state index is -0.582. The Morgan fingerprint density at radius 1 is 1.45 bits per heavy atom. The standard InChI is InChI=1S/C15H23FN2O2/c1-15(2,7-4-8-17)10-18-14(19)12-6-5-11(20-3)9-13(12)16/h5-6,9H,4,7-8,10,17H2,1-3H3,(H,18,19). The highest BCUT2D eigenvalue weighted by molar-refractivity contribution is 5.94. The molecule has 112 valence electrons. The van der Waals surface area contributed by atoms with E-state index < -0.39 is 11.7 Å².